The van der Waals surface area contributed by atoms with Crippen LogP contribution in [-0.2, 0) is 15.8 Å². The van der Waals surface area contributed by atoms with Gasteiger partial charge in [-0.05, 0) is 17.4 Å². The number of benzene rings is 2. The van der Waals surface area contributed by atoms with Crippen molar-refractivity contribution < 1.29 is 36.9 Å². The third kappa shape index (κ3) is 6.90. The number of nitrogens with zero attached hydrogens (tertiary/aromatic N) is 3. The highest BCUT2D eigenvalue weighted by molar-refractivity contribution is 5.85. The van der Waals surface area contributed by atoms with E-state index in [-0.39, 0.29) is 35.4 Å². The van der Waals surface area contributed by atoms with Crippen molar-refractivity contribution >= 4 is 11.6 Å². The van der Waals surface area contributed by atoms with E-state index >= 15 is 0 Å². The molecule has 0 saturated carbocycles. The van der Waals surface area contributed by atoms with Crippen LogP contribution in [0.5, 0.6) is 0 Å². The number of ketones is 2. The van der Waals surface area contributed by atoms with Crippen LogP contribution in [0.15, 0.2) is 63.6 Å². The van der Waals surface area contributed by atoms with E-state index < -0.39 is 41.0 Å². The van der Waals surface area contributed by atoms with E-state index in [0.717, 1.165) is 0 Å². The molecule has 0 spiro atoms. The van der Waals surface area contributed by atoms with Gasteiger partial charge in [-0.15, -0.1) is 0 Å². The van der Waals surface area contributed by atoms with Gasteiger partial charge in [-0.3, -0.25) is 9.59 Å². The third-order valence-electron chi connectivity index (χ3n) is 6.04. The van der Waals surface area contributed by atoms with Gasteiger partial charge in [-0.2, -0.15) is 18.2 Å². The zero-order chi connectivity index (χ0) is 29.1. The molecule has 2 aromatic heterocycles. The van der Waals surface area contributed by atoms with Gasteiger partial charge >= 0.3 is 6.18 Å². The topological polar surface area (TPSA) is 119 Å². The molecule has 0 radical (unpaired) electrons. The van der Waals surface area contributed by atoms with E-state index in [2.05, 4.69) is 15.3 Å². The average Bonchev–Trinajstić information content (AvgIpc) is 3.55. The van der Waals surface area contributed by atoms with Gasteiger partial charge in [0.15, 0.2) is 5.78 Å². The molecule has 0 amide bonds. The molecule has 40 heavy (non-hydrogen) atoms. The standard InChI is InChI=1S/C29H28F3N3O5/c1-28(2,3)16-20(36)10-7-11-21(37)24(38)18-12-14-19(15-13-18)26-33-27(40-35-26)25-22(29(30,31)32)23(34-39-25)17-8-5-4-6-9-17/h4-6,8-9,12-15,24,38H,7,10-11,16H2,1-3H3. The van der Waals surface area contributed by atoms with Crippen molar-refractivity contribution in [3.8, 4) is 34.3 Å². The monoisotopic (exact) mass is 555 g/mol. The Labute approximate surface area is 228 Å². The van der Waals surface area contributed by atoms with Crippen LogP contribution in [0.25, 0.3) is 34.3 Å². The van der Waals surface area contributed by atoms with Gasteiger partial charge in [0.05, 0.1) is 0 Å². The number of Topliss-reactive ketones (excluding diaryl/α,β-unsaturated/α-hetero) is 2. The number of carbonyl (C=O) groups is 2. The van der Waals surface area contributed by atoms with Gasteiger partial charge in [0.2, 0.25) is 11.6 Å². The number of aromatic nitrogens is 3. The summed E-state index contributed by atoms with van der Waals surface area (Å²) >= 11 is 0. The fraction of sp³-hybridized carbons (Fsp3) is 0.345. The predicted octanol–water partition coefficient (Wildman–Crippen LogP) is 6.86. The van der Waals surface area contributed by atoms with Gasteiger partial charge in [0.1, 0.15) is 23.1 Å². The molecule has 4 aromatic rings. The number of rotatable bonds is 10. The van der Waals surface area contributed by atoms with E-state index in [0.29, 0.717) is 24.0 Å². The van der Waals surface area contributed by atoms with E-state index in [1.54, 1.807) is 18.2 Å². The molecular formula is C29H28F3N3O5. The van der Waals surface area contributed by atoms with Gasteiger partial charge in [-0.1, -0.05) is 85.7 Å². The number of hydrogen-bond donors (Lipinski definition) is 1. The van der Waals surface area contributed by atoms with Crippen LogP contribution in [0.2, 0.25) is 0 Å². The number of alkyl halides is 3. The lowest BCUT2D eigenvalue weighted by Crippen LogP contribution is -2.15. The van der Waals surface area contributed by atoms with E-state index in [4.69, 9.17) is 9.05 Å². The Morgan fingerprint density at radius 1 is 0.900 bits per heavy atom. The normalized spacial score (nSPS) is 12.9. The van der Waals surface area contributed by atoms with Gasteiger partial charge in [0.25, 0.3) is 5.89 Å². The molecule has 0 aliphatic rings. The molecule has 1 atom stereocenters. The smallest absolute Gasteiger partial charge is 0.381 e. The van der Waals surface area contributed by atoms with Crippen molar-refractivity contribution in [1.82, 2.24) is 15.3 Å². The molecule has 0 aliphatic carbocycles. The third-order valence-corrected chi connectivity index (χ3v) is 6.04. The minimum Gasteiger partial charge on any atom is -0.381 e. The highest BCUT2D eigenvalue weighted by atomic mass is 19.4. The average molecular weight is 556 g/mol. The molecule has 0 fully saturated rings. The van der Waals surface area contributed by atoms with Crippen molar-refractivity contribution in [1.29, 1.82) is 0 Å². The molecular weight excluding hydrogens is 527 g/mol. The summed E-state index contributed by atoms with van der Waals surface area (Å²) in [6, 6.07) is 13.8. The fourth-order valence-corrected chi connectivity index (χ4v) is 4.20. The second-order valence-corrected chi connectivity index (χ2v) is 10.6. The Morgan fingerprint density at radius 3 is 2.20 bits per heavy atom. The Bertz CT molecular complexity index is 1470. The van der Waals surface area contributed by atoms with Crippen LogP contribution in [-0.4, -0.2) is 32.0 Å². The molecule has 1 N–H and O–H groups in total. The summed E-state index contributed by atoms with van der Waals surface area (Å²) in [6.07, 6.45) is -5.10. The first-order valence-electron chi connectivity index (χ1n) is 12.6. The van der Waals surface area contributed by atoms with Crippen LogP contribution in [0, 0.1) is 5.41 Å². The van der Waals surface area contributed by atoms with Gasteiger partial charge in [-0.25, -0.2) is 0 Å². The lowest BCUT2D eigenvalue weighted by Gasteiger charge is -2.16. The Morgan fingerprint density at radius 2 is 1.57 bits per heavy atom. The van der Waals surface area contributed by atoms with E-state index in [1.165, 1.54) is 36.4 Å². The number of halogens is 3. The molecule has 0 aliphatic heterocycles. The Hall–Kier alpha value is -4.12. The second-order valence-electron chi connectivity index (χ2n) is 10.6. The van der Waals surface area contributed by atoms with Crippen LogP contribution in [0.3, 0.4) is 0 Å². The Kier molecular flexibility index (Phi) is 8.34. The molecule has 0 saturated heterocycles. The van der Waals surface area contributed by atoms with Gasteiger partial charge < -0.3 is 14.2 Å². The minimum absolute atomic E-state index is 0.0227. The zero-order valence-electron chi connectivity index (χ0n) is 22.2. The van der Waals surface area contributed by atoms with Gasteiger partial charge in [0, 0.05) is 30.4 Å². The summed E-state index contributed by atoms with van der Waals surface area (Å²) in [5.74, 6) is -1.58. The number of hydrogen-bond acceptors (Lipinski definition) is 8. The first-order chi connectivity index (χ1) is 18.8. The number of carbonyl (C=O) groups excluding carboxylic acids is 2. The van der Waals surface area contributed by atoms with E-state index in [1.807, 2.05) is 20.8 Å². The van der Waals surface area contributed by atoms with Crippen molar-refractivity contribution in [2.75, 3.05) is 0 Å². The lowest BCUT2D eigenvalue weighted by molar-refractivity contribution is -0.137. The Balaban J connectivity index is 1.46. The molecule has 8 nitrogen and oxygen atoms in total. The maximum absolute atomic E-state index is 14.0. The summed E-state index contributed by atoms with van der Waals surface area (Å²) < 4.78 is 51.9. The molecule has 210 valence electrons. The van der Waals surface area contributed by atoms with Crippen LogP contribution < -0.4 is 0 Å². The maximum atomic E-state index is 14.0. The largest absolute Gasteiger partial charge is 0.422 e. The minimum atomic E-state index is -4.81. The second kappa shape index (κ2) is 11.5. The highest BCUT2D eigenvalue weighted by Gasteiger charge is 2.43. The summed E-state index contributed by atoms with van der Waals surface area (Å²) in [5.41, 5.74) is -0.745. The van der Waals surface area contributed by atoms with Crippen LogP contribution >= 0.6 is 0 Å². The molecule has 0 bridgehead atoms. The van der Waals surface area contributed by atoms with Crippen molar-refractivity contribution in [3.63, 3.8) is 0 Å². The summed E-state index contributed by atoms with van der Waals surface area (Å²) in [4.78, 5) is 28.5. The van der Waals surface area contributed by atoms with Crippen molar-refractivity contribution in [3.05, 3.63) is 65.7 Å². The highest BCUT2D eigenvalue weighted by Crippen LogP contribution is 2.43. The molecule has 1 unspecified atom stereocenters. The lowest BCUT2D eigenvalue weighted by atomic mass is 9.88. The molecule has 11 heteroatoms. The molecule has 4 rings (SSSR count). The zero-order valence-corrected chi connectivity index (χ0v) is 22.2. The number of aliphatic hydroxyl groups excluding tert-OH is 1. The summed E-state index contributed by atoms with van der Waals surface area (Å²) in [6.45, 7) is 5.90. The van der Waals surface area contributed by atoms with E-state index in [9.17, 15) is 27.9 Å². The van der Waals surface area contributed by atoms with Crippen LogP contribution in [0.4, 0.5) is 13.2 Å². The maximum Gasteiger partial charge on any atom is 0.422 e. The quantitative estimate of drug-likeness (QED) is 0.226. The number of aliphatic hydroxyl groups is 1. The molecule has 2 aromatic carbocycles. The summed E-state index contributed by atoms with van der Waals surface area (Å²) in [5, 5.41) is 17.8. The fourth-order valence-electron chi connectivity index (χ4n) is 4.20. The van der Waals surface area contributed by atoms with Crippen molar-refractivity contribution in [2.24, 2.45) is 5.41 Å². The van der Waals surface area contributed by atoms with Crippen molar-refractivity contribution in [2.45, 2.75) is 58.7 Å². The van der Waals surface area contributed by atoms with Crippen LogP contribution in [0.1, 0.15) is 63.7 Å². The first-order valence-corrected chi connectivity index (χ1v) is 12.6. The SMILES string of the molecule is CC(C)(C)CC(=O)CCCC(=O)C(O)c1ccc(-c2noc(-c3onc(-c4ccccc4)c3C(F)(F)F)n2)cc1. The molecule has 2 heterocycles. The summed E-state index contributed by atoms with van der Waals surface area (Å²) in [7, 11) is 0. The predicted molar refractivity (Wildman–Crippen MR) is 139 cm³/mol. The first kappa shape index (κ1) is 28.9.